The van der Waals surface area contributed by atoms with E-state index in [1.54, 1.807) is 0 Å². The molecule has 2 heterocycles. The van der Waals surface area contributed by atoms with Gasteiger partial charge in [0.1, 0.15) is 5.76 Å². The predicted molar refractivity (Wildman–Crippen MR) is 114 cm³/mol. The fourth-order valence-corrected chi connectivity index (χ4v) is 4.00. The van der Waals surface area contributed by atoms with E-state index in [-0.39, 0.29) is 0 Å². The Labute approximate surface area is 170 Å². The molecule has 0 aliphatic carbocycles. The Hall–Kier alpha value is -1.60. The van der Waals surface area contributed by atoms with Crippen molar-refractivity contribution in [3.63, 3.8) is 0 Å². The van der Waals surface area contributed by atoms with Crippen LogP contribution in [0.15, 0.2) is 9.52 Å². The number of nitrogens with one attached hydrogen (secondary N) is 2. The molecular formula is C21H39N5O2. The number of aliphatic imine (C=N–C) groups is 1. The van der Waals surface area contributed by atoms with Crippen LogP contribution in [0.3, 0.4) is 0 Å². The molecule has 7 nitrogen and oxygen atoms in total. The van der Waals surface area contributed by atoms with Crippen molar-refractivity contribution in [3.05, 3.63) is 17.0 Å². The number of hydrogen-bond acceptors (Lipinski definition) is 5. The van der Waals surface area contributed by atoms with Crippen LogP contribution in [-0.2, 0) is 11.2 Å². The predicted octanol–water partition coefficient (Wildman–Crippen LogP) is 2.53. The summed E-state index contributed by atoms with van der Waals surface area (Å²) in [5, 5.41) is 10.9. The highest BCUT2D eigenvalue weighted by atomic mass is 16.5. The molecule has 1 aromatic heterocycles. The summed E-state index contributed by atoms with van der Waals surface area (Å²) in [5.74, 6) is 2.45. The van der Waals surface area contributed by atoms with Crippen LogP contribution in [0.25, 0.3) is 0 Å². The molecule has 0 amide bonds. The minimum atomic E-state index is 0.469. The fraction of sp³-hybridized carbons (Fsp3) is 0.810. The maximum Gasteiger partial charge on any atom is 0.191 e. The number of hydrogen-bond donors (Lipinski definition) is 2. The zero-order valence-electron chi connectivity index (χ0n) is 18.4. The van der Waals surface area contributed by atoms with E-state index in [2.05, 4.69) is 41.5 Å². The molecule has 2 N–H and O–H groups in total. The average Bonchev–Trinajstić information content (AvgIpc) is 3.03. The summed E-state index contributed by atoms with van der Waals surface area (Å²) in [6.07, 6.45) is 3.25. The van der Waals surface area contributed by atoms with Crippen LogP contribution in [0.4, 0.5) is 0 Å². The van der Waals surface area contributed by atoms with E-state index in [9.17, 15) is 0 Å². The van der Waals surface area contributed by atoms with Gasteiger partial charge in [0.2, 0.25) is 0 Å². The van der Waals surface area contributed by atoms with Crippen LogP contribution in [0.5, 0.6) is 0 Å². The second-order valence-corrected chi connectivity index (χ2v) is 7.49. The first-order valence-electron chi connectivity index (χ1n) is 10.9. The van der Waals surface area contributed by atoms with Crippen LogP contribution in [0, 0.1) is 19.8 Å². The molecule has 1 saturated heterocycles. The van der Waals surface area contributed by atoms with Gasteiger partial charge in [-0.2, -0.15) is 0 Å². The molecule has 0 radical (unpaired) electrons. The molecule has 1 fully saturated rings. The molecule has 160 valence electrons. The zero-order chi connectivity index (χ0) is 20.4. The van der Waals surface area contributed by atoms with Crippen molar-refractivity contribution in [1.29, 1.82) is 0 Å². The summed E-state index contributed by atoms with van der Waals surface area (Å²) >= 11 is 0. The number of ether oxygens (including phenoxy) is 1. The van der Waals surface area contributed by atoms with Crippen molar-refractivity contribution < 1.29 is 9.26 Å². The van der Waals surface area contributed by atoms with Gasteiger partial charge >= 0.3 is 0 Å². The number of rotatable bonds is 10. The van der Waals surface area contributed by atoms with Gasteiger partial charge in [-0.1, -0.05) is 31.8 Å². The van der Waals surface area contributed by atoms with Gasteiger partial charge in [-0.05, 0) is 33.1 Å². The topological polar surface area (TPSA) is 74.9 Å². The van der Waals surface area contributed by atoms with E-state index in [0.29, 0.717) is 12.0 Å². The van der Waals surface area contributed by atoms with Crippen LogP contribution >= 0.6 is 0 Å². The maximum absolute atomic E-state index is 5.55. The Balaban J connectivity index is 1.98. The average molecular weight is 394 g/mol. The second-order valence-electron chi connectivity index (χ2n) is 7.49. The molecular weight excluding hydrogens is 354 g/mol. The number of aryl methyl sites for hydroxylation is 2. The Morgan fingerprint density at radius 1 is 1.14 bits per heavy atom. The van der Waals surface area contributed by atoms with E-state index in [1.807, 2.05) is 13.8 Å². The van der Waals surface area contributed by atoms with Crippen LogP contribution < -0.4 is 10.6 Å². The Bertz CT molecular complexity index is 572. The molecule has 1 unspecified atom stereocenters. The molecule has 2 rings (SSSR count). The minimum Gasteiger partial charge on any atom is -0.379 e. The van der Waals surface area contributed by atoms with Gasteiger partial charge in [-0.25, -0.2) is 0 Å². The Morgan fingerprint density at radius 3 is 2.43 bits per heavy atom. The normalized spacial score (nSPS) is 17.1. The highest BCUT2D eigenvalue weighted by Gasteiger charge is 2.26. The van der Waals surface area contributed by atoms with Crippen molar-refractivity contribution in [2.24, 2.45) is 10.9 Å². The van der Waals surface area contributed by atoms with E-state index in [0.717, 1.165) is 69.8 Å². The second kappa shape index (κ2) is 12.1. The SMILES string of the molecule is CCNC(=NCC(C(CC)CC)N1CCOCC1)NCCc1c(C)noc1C. The summed E-state index contributed by atoms with van der Waals surface area (Å²) in [6, 6.07) is 0.469. The van der Waals surface area contributed by atoms with Crippen molar-refractivity contribution >= 4 is 5.96 Å². The summed E-state index contributed by atoms with van der Waals surface area (Å²) in [6.45, 7) is 16.8. The van der Waals surface area contributed by atoms with Crippen molar-refractivity contribution in [1.82, 2.24) is 20.7 Å². The molecule has 0 bridgehead atoms. The maximum atomic E-state index is 5.55. The number of guanidine groups is 1. The summed E-state index contributed by atoms with van der Waals surface area (Å²) < 4.78 is 10.8. The van der Waals surface area contributed by atoms with Crippen molar-refractivity contribution in [2.75, 3.05) is 45.9 Å². The van der Waals surface area contributed by atoms with Crippen molar-refractivity contribution in [3.8, 4) is 0 Å². The van der Waals surface area contributed by atoms with Gasteiger partial charge in [0.15, 0.2) is 5.96 Å². The van der Waals surface area contributed by atoms with Crippen LogP contribution in [0.2, 0.25) is 0 Å². The third-order valence-electron chi connectivity index (χ3n) is 5.74. The van der Waals surface area contributed by atoms with Gasteiger partial charge < -0.3 is 19.9 Å². The molecule has 1 aromatic rings. The lowest BCUT2D eigenvalue weighted by Crippen LogP contribution is -2.49. The van der Waals surface area contributed by atoms with Gasteiger partial charge in [0.25, 0.3) is 0 Å². The van der Waals surface area contributed by atoms with Gasteiger partial charge in [-0.3, -0.25) is 9.89 Å². The molecule has 1 atom stereocenters. The quantitative estimate of drug-likeness (QED) is 0.470. The van der Waals surface area contributed by atoms with E-state index >= 15 is 0 Å². The smallest absolute Gasteiger partial charge is 0.191 e. The van der Waals surface area contributed by atoms with E-state index in [1.165, 1.54) is 18.4 Å². The standard InChI is InChI=1S/C21H39N5O2/c1-6-18(7-2)20(26-11-13-27-14-12-26)15-24-21(22-8-3)23-10-9-19-16(4)25-28-17(19)5/h18,20H,6-15H2,1-5H3,(H2,22,23,24). The highest BCUT2D eigenvalue weighted by molar-refractivity contribution is 5.79. The lowest BCUT2D eigenvalue weighted by molar-refractivity contribution is 0.00395. The van der Waals surface area contributed by atoms with Crippen LogP contribution in [0.1, 0.15) is 50.6 Å². The molecule has 1 aliphatic rings. The van der Waals surface area contributed by atoms with Gasteiger partial charge in [0, 0.05) is 37.8 Å². The largest absolute Gasteiger partial charge is 0.379 e. The van der Waals surface area contributed by atoms with Crippen molar-refractivity contribution in [2.45, 2.75) is 59.9 Å². The third kappa shape index (κ3) is 6.48. The van der Waals surface area contributed by atoms with E-state index < -0.39 is 0 Å². The third-order valence-corrected chi connectivity index (χ3v) is 5.74. The summed E-state index contributed by atoms with van der Waals surface area (Å²) in [7, 11) is 0. The molecule has 7 heteroatoms. The lowest BCUT2D eigenvalue weighted by Gasteiger charge is -2.38. The first kappa shape index (κ1) is 22.7. The fourth-order valence-electron chi connectivity index (χ4n) is 4.00. The highest BCUT2D eigenvalue weighted by Crippen LogP contribution is 2.20. The first-order chi connectivity index (χ1) is 13.6. The number of nitrogens with zero attached hydrogens (tertiary/aromatic N) is 3. The van der Waals surface area contributed by atoms with Gasteiger partial charge in [0.05, 0.1) is 25.5 Å². The Kier molecular flexibility index (Phi) is 9.78. The molecule has 28 heavy (non-hydrogen) atoms. The molecule has 0 aromatic carbocycles. The molecule has 0 spiro atoms. The lowest BCUT2D eigenvalue weighted by atomic mass is 9.92. The summed E-state index contributed by atoms with van der Waals surface area (Å²) in [4.78, 5) is 7.51. The minimum absolute atomic E-state index is 0.469. The Morgan fingerprint density at radius 2 is 1.86 bits per heavy atom. The first-order valence-corrected chi connectivity index (χ1v) is 10.9. The number of aromatic nitrogens is 1. The molecule has 1 aliphatic heterocycles. The van der Waals surface area contributed by atoms with E-state index in [4.69, 9.17) is 14.3 Å². The molecule has 0 saturated carbocycles. The summed E-state index contributed by atoms with van der Waals surface area (Å²) in [5.41, 5.74) is 2.16. The van der Waals surface area contributed by atoms with Crippen LogP contribution in [-0.4, -0.2) is 68.0 Å². The number of morpholine rings is 1. The zero-order valence-corrected chi connectivity index (χ0v) is 18.4. The monoisotopic (exact) mass is 393 g/mol. The van der Waals surface area contributed by atoms with Gasteiger partial charge in [-0.15, -0.1) is 0 Å².